The predicted octanol–water partition coefficient (Wildman–Crippen LogP) is 2.16. The van der Waals surface area contributed by atoms with Gasteiger partial charge in [-0.05, 0) is 48.9 Å². The van der Waals surface area contributed by atoms with Gasteiger partial charge < -0.3 is 16.0 Å². The fourth-order valence-corrected chi connectivity index (χ4v) is 2.66. The van der Waals surface area contributed by atoms with Gasteiger partial charge in [-0.15, -0.1) is 0 Å². The van der Waals surface area contributed by atoms with Crippen molar-refractivity contribution in [3.8, 4) is 0 Å². The summed E-state index contributed by atoms with van der Waals surface area (Å²) >= 11 is 0. The second-order valence-corrected chi connectivity index (χ2v) is 5.59. The molecule has 6 nitrogen and oxygen atoms in total. The molecular weight excluding hydrogens is 306 g/mol. The van der Waals surface area contributed by atoms with Crippen molar-refractivity contribution in [2.45, 2.75) is 12.8 Å². The fraction of sp³-hybridized carbons (Fsp3) is 0.167. The minimum Gasteiger partial charge on any atom is -0.366 e. The maximum Gasteiger partial charge on any atom is 0.255 e. The summed E-state index contributed by atoms with van der Waals surface area (Å²) in [5.41, 5.74) is 7.32. The molecule has 1 fully saturated rings. The van der Waals surface area contributed by atoms with E-state index in [0.29, 0.717) is 29.8 Å². The maximum atomic E-state index is 12.4. The van der Waals surface area contributed by atoms with Crippen molar-refractivity contribution in [1.82, 2.24) is 0 Å². The van der Waals surface area contributed by atoms with E-state index in [1.807, 2.05) is 6.07 Å². The maximum absolute atomic E-state index is 12.4. The van der Waals surface area contributed by atoms with Crippen molar-refractivity contribution >= 4 is 29.1 Å². The van der Waals surface area contributed by atoms with Crippen LogP contribution in [0.3, 0.4) is 0 Å². The number of primary amides is 1. The Morgan fingerprint density at radius 3 is 2.42 bits per heavy atom. The highest BCUT2D eigenvalue weighted by atomic mass is 16.2. The summed E-state index contributed by atoms with van der Waals surface area (Å²) in [6, 6.07) is 13.3. The molecule has 0 aromatic heterocycles. The summed E-state index contributed by atoms with van der Waals surface area (Å²) in [6.07, 6.45) is 1.38. The molecule has 122 valence electrons. The SMILES string of the molecule is NC(=O)c1ccc(NC(=O)c2cccc(N3CCCC3=O)c2)cc1. The lowest BCUT2D eigenvalue weighted by Gasteiger charge is -2.16. The van der Waals surface area contributed by atoms with Crippen LogP contribution in [-0.4, -0.2) is 24.3 Å². The molecule has 0 bridgehead atoms. The Balaban J connectivity index is 1.75. The van der Waals surface area contributed by atoms with E-state index in [2.05, 4.69) is 5.32 Å². The van der Waals surface area contributed by atoms with Crippen LogP contribution in [0.1, 0.15) is 33.6 Å². The molecule has 6 heteroatoms. The van der Waals surface area contributed by atoms with Gasteiger partial charge in [0.15, 0.2) is 0 Å². The molecule has 0 atom stereocenters. The number of nitrogens with zero attached hydrogens (tertiary/aromatic N) is 1. The molecule has 0 radical (unpaired) electrons. The predicted molar refractivity (Wildman–Crippen MR) is 90.9 cm³/mol. The van der Waals surface area contributed by atoms with Crippen LogP contribution in [0.5, 0.6) is 0 Å². The molecule has 1 aliphatic rings. The van der Waals surface area contributed by atoms with Gasteiger partial charge in [-0.25, -0.2) is 0 Å². The van der Waals surface area contributed by atoms with Gasteiger partial charge >= 0.3 is 0 Å². The van der Waals surface area contributed by atoms with E-state index in [4.69, 9.17) is 5.73 Å². The summed E-state index contributed by atoms with van der Waals surface area (Å²) in [6.45, 7) is 0.679. The lowest BCUT2D eigenvalue weighted by Crippen LogP contribution is -2.24. The first kappa shape index (κ1) is 15.7. The van der Waals surface area contributed by atoms with Gasteiger partial charge in [0.2, 0.25) is 11.8 Å². The number of carbonyl (C=O) groups excluding carboxylic acids is 3. The van der Waals surface area contributed by atoms with Crippen molar-refractivity contribution in [1.29, 1.82) is 0 Å². The number of anilines is 2. The van der Waals surface area contributed by atoms with Crippen LogP contribution in [0.15, 0.2) is 48.5 Å². The zero-order valence-corrected chi connectivity index (χ0v) is 13.0. The second kappa shape index (κ2) is 6.54. The Morgan fingerprint density at radius 2 is 1.79 bits per heavy atom. The third-order valence-corrected chi connectivity index (χ3v) is 3.92. The lowest BCUT2D eigenvalue weighted by molar-refractivity contribution is -0.117. The van der Waals surface area contributed by atoms with Gasteiger partial charge in [0.05, 0.1) is 0 Å². The monoisotopic (exact) mass is 323 g/mol. The first-order valence-electron chi connectivity index (χ1n) is 7.66. The van der Waals surface area contributed by atoms with E-state index in [-0.39, 0.29) is 11.8 Å². The third-order valence-electron chi connectivity index (χ3n) is 3.92. The molecule has 2 aromatic rings. The average Bonchev–Trinajstić information content (AvgIpc) is 3.01. The average molecular weight is 323 g/mol. The number of rotatable bonds is 4. The molecular formula is C18H17N3O3. The van der Waals surface area contributed by atoms with Gasteiger partial charge in [-0.3, -0.25) is 14.4 Å². The molecule has 1 aliphatic heterocycles. The number of hydrogen-bond donors (Lipinski definition) is 2. The minimum atomic E-state index is -0.518. The van der Waals surface area contributed by atoms with Crippen LogP contribution in [0.4, 0.5) is 11.4 Å². The van der Waals surface area contributed by atoms with Crippen molar-refractivity contribution in [2.24, 2.45) is 5.73 Å². The Kier molecular flexibility index (Phi) is 4.29. The molecule has 0 aliphatic carbocycles. The highest BCUT2D eigenvalue weighted by Crippen LogP contribution is 2.22. The van der Waals surface area contributed by atoms with Crippen LogP contribution in [0.25, 0.3) is 0 Å². The number of benzene rings is 2. The van der Waals surface area contributed by atoms with Gasteiger partial charge in [0.25, 0.3) is 5.91 Å². The molecule has 1 saturated heterocycles. The van der Waals surface area contributed by atoms with Gasteiger partial charge in [0, 0.05) is 35.5 Å². The quantitative estimate of drug-likeness (QED) is 0.903. The summed E-state index contributed by atoms with van der Waals surface area (Å²) in [5, 5.41) is 2.76. The molecule has 24 heavy (non-hydrogen) atoms. The summed E-state index contributed by atoms with van der Waals surface area (Å²) < 4.78 is 0. The molecule has 3 rings (SSSR count). The minimum absolute atomic E-state index is 0.0783. The van der Waals surface area contributed by atoms with Crippen molar-refractivity contribution in [3.63, 3.8) is 0 Å². The standard InChI is InChI=1S/C18H17N3O3/c19-17(23)12-6-8-14(9-7-12)20-18(24)13-3-1-4-15(11-13)21-10-2-5-16(21)22/h1,3-4,6-9,11H,2,5,10H2,(H2,19,23)(H,20,24). The van der Waals surface area contributed by atoms with E-state index >= 15 is 0 Å². The molecule has 2 aromatic carbocycles. The zero-order valence-electron chi connectivity index (χ0n) is 13.0. The van der Waals surface area contributed by atoms with Crippen LogP contribution in [-0.2, 0) is 4.79 Å². The van der Waals surface area contributed by atoms with E-state index in [9.17, 15) is 14.4 Å². The molecule has 3 amide bonds. The Morgan fingerprint density at radius 1 is 1.04 bits per heavy atom. The number of amides is 3. The van der Waals surface area contributed by atoms with Crippen LogP contribution < -0.4 is 16.0 Å². The molecule has 0 unspecified atom stereocenters. The molecule has 0 spiro atoms. The smallest absolute Gasteiger partial charge is 0.255 e. The molecule has 3 N–H and O–H groups in total. The van der Waals surface area contributed by atoms with Gasteiger partial charge in [0.1, 0.15) is 0 Å². The third kappa shape index (κ3) is 3.27. The Labute approximate surface area is 139 Å². The highest BCUT2D eigenvalue weighted by Gasteiger charge is 2.22. The summed E-state index contributed by atoms with van der Waals surface area (Å²) in [4.78, 5) is 36.9. The van der Waals surface area contributed by atoms with E-state index < -0.39 is 5.91 Å². The summed E-state index contributed by atoms with van der Waals surface area (Å²) in [7, 11) is 0. The molecule has 0 saturated carbocycles. The van der Waals surface area contributed by atoms with E-state index in [1.165, 1.54) is 0 Å². The van der Waals surface area contributed by atoms with Crippen molar-refractivity contribution in [3.05, 3.63) is 59.7 Å². The number of carbonyl (C=O) groups is 3. The Bertz CT molecular complexity index is 799. The van der Waals surface area contributed by atoms with Crippen molar-refractivity contribution < 1.29 is 14.4 Å². The number of nitrogens with one attached hydrogen (secondary N) is 1. The Hall–Kier alpha value is -3.15. The largest absolute Gasteiger partial charge is 0.366 e. The van der Waals surface area contributed by atoms with E-state index in [1.54, 1.807) is 47.4 Å². The summed E-state index contributed by atoms with van der Waals surface area (Å²) in [5.74, 6) is -0.722. The van der Waals surface area contributed by atoms with Crippen LogP contribution >= 0.6 is 0 Å². The first-order chi connectivity index (χ1) is 11.5. The first-order valence-corrected chi connectivity index (χ1v) is 7.66. The lowest BCUT2D eigenvalue weighted by atomic mass is 10.1. The van der Waals surface area contributed by atoms with E-state index in [0.717, 1.165) is 12.1 Å². The zero-order chi connectivity index (χ0) is 17.1. The normalized spacial score (nSPS) is 13.8. The van der Waals surface area contributed by atoms with Gasteiger partial charge in [-0.2, -0.15) is 0 Å². The van der Waals surface area contributed by atoms with Gasteiger partial charge in [-0.1, -0.05) is 6.07 Å². The highest BCUT2D eigenvalue weighted by molar-refractivity contribution is 6.06. The number of nitrogens with two attached hydrogens (primary N) is 1. The fourth-order valence-electron chi connectivity index (χ4n) is 2.66. The van der Waals surface area contributed by atoms with Crippen LogP contribution in [0.2, 0.25) is 0 Å². The second-order valence-electron chi connectivity index (χ2n) is 5.59. The van der Waals surface area contributed by atoms with Crippen LogP contribution in [0, 0.1) is 0 Å². The molecule has 1 heterocycles. The topological polar surface area (TPSA) is 92.5 Å². The van der Waals surface area contributed by atoms with Crippen molar-refractivity contribution in [2.75, 3.05) is 16.8 Å². The number of hydrogen-bond acceptors (Lipinski definition) is 3.